The zero-order chi connectivity index (χ0) is 11.3. The van der Waals surface area contributed by atoms with E-state index < -0.39 is 0 Å². The van der Waals surface area contributed by atoms with Gasteiger partial charge in [-0.3, -0.25) is 0 Å². The van der Waals surface area contributed by atoms with Gasteiger partial charge in [-0.2, -0.15) is 0 Å². The fourth-order valence-corrected chi connectivity index (χ4v) is 1.88. The molecule has 0 N–H and O–H groups in total. The van der Waals surface area contributed by atoms with Gasteiger partial charge >= 0.3 is 0 Å². The largest absolute Gasteiger partial charge is 0.118 e. The number of hydrogen-bond acceptors (Lipinski definition) is 0. The third kappa shape index (κ3) is 4.25. The summed E-state index contributed by atoms with van der Waals surface area (Å²) in [5, 5.41) is 0.179. The monoisotopic (exact) mass is 224 g/mol. The lowest BCUT2D eigenvalue weighted by Crippen LogP contribution is -1.95. The van der Waals surface area contributed by atoms with Crippen molar-refractivity contribution in [3.05, 3.63) is 35.4 Å². The van der Waals surface area contributed by atoms with Crippen molar-refractivity contribution in [1.82, 2.24) is 0 Å². The lowest BCUT2D eigenvalue weighted by atomic mass is 10.0. The molecule has 0 nitrogen and oxygen atoms in total. The molecule has 0 saturated carbocycles. The highest BCUT2D eigenvalue weighted by molar-refractivity contribution is 6.20. The number of rotatable bonds is 5. The fraction of sp³-hybridized carbons (Fsp3) is 0.571. The minimum Gasteiger partial charge on any atom is -0.118 e. The minimum absolute atomic E-state index is 0.179. The van der Waals surface area contributed by atoms with Gasteiger partial charge in [0.2, 0.25) is 0 Å². The van der Waals surface area contributed by atoms with E-state index in [1.165, 1.54) is 17.5 Å². The maximum atomic E-state index is 6.35. The van der Waals surface area contributed by atoms with E-state index in [1.54, 1.807) is 0 Å². The molecular formula is C14H21Cl. The summed E-state index contributed by atoms with van der Waals surface area (Å²) in [7, 11) is 0. The Kier molecular flexibility index (Phi) is 5.17. The van der Waals surface area contributed by atoms with Crippen LogP contribution in [0.2, 0.25) is 0 Å². The Morgan fingerprint density at radius 2 is 1.67 bits per heavy atom. The quantitative estimate of drug-likeness (QED) is 0.620. The first-order valence-corrected chi connectivity index (χ1v) is 6.30. The smallest absolute Gasteiger partial charge is 0.0585 e. The van der Waals surface area contributed by atoms with E-state index >= 15 is 0 Å². The number of benzene rings is 1. The van der Waals surface area contributed by atoms with E-state index in [9.17, 15) is 0 Å². The van der Waals surface area contributed by atoms with Crippen molar-refractivity contribution in [2.24, 2.45) is 5.92 Å². The summed E-state index contributed by atoms with van der Waals surface area (Å²) in [5.74, 6) is 0.737. The molecule has 0 aliphatic carbocycles. The molecule has 84 valence electrons. The van der Waals surface area contributed by atoms with Gasteiger partial charge in [-0.05, 0) is 36.3 Å². The molecule has 0 heterocycles. The summed E-state index contributed by atoms with van der Waals surface area (Å²) in [5.41, 5.74) is 2.64. The summed E-state index contributed by atoms with van der Waals surface area (Å²) in [6, 6.07) is 8.69. The van der Waals surface area contributed by atoms with Gasteiger partial charge in [-0.1, -0.05) is 45.0 Å². The molecule has 1 rings (SSSR count). The Morgan fingerprint density at radius 3 is 2.13 bits per heavy atom. The molecule has 1 atom stereocenters. The first-order chi connectivity index (χ1) is 7.13. The second-order valence-corrected chi connectivity index (χ2v) is 5.06. The van der Waals surface area contributed by atoms with Gasteiger partial charge in [0, 0.05) is 0 Å². The highest BCUT2D eigenvalue weighted by Crippen LogP contribution is 2.27. The molecular weight excluding hydrogens is 204 g/mol. The molecule has 1 aromatic rings. The maximum absolute atomic E-state index is 6.35. The molecule has 0 aliphatic rings. The van der Waals surface area contributed by atoms with Gasteiger partial charge in [-0.15, -0.1) is 11.6 Å². The van der Waals surface area contributed by atoms with Gasteiger partial charge in [0.25, 0.3) is 0 Å². The average Bonchev–Trinajstić information content (AvgIpc) is 2.26. The fourth-order valence-electron chi connectivity index (χ4n) is 1.61. The van der Waals surface area contributed by atoms with Gasteiger partial charge in [-0.25, -0.2) is 0 Å². The van der Waals surface area contributed by atoms with E-state index in [2.05, 4.69) is 45.0 Å². The minimum atomic E-state index is 0.179. The Morgan fingerprint density at radius 1 is 1.07 bits per heavy atom. The molecule has 1 heteroatoms. The molecule has 0 fully saturated rings. The highest BCUT2D eigenvalue weighted by Gasteiger charge is 2.08. The van der Waals surface area contributed by atoms with Crippen molar-refractivity contribution >= 4 is 11.6 Å². The summed E-state index contributed by atoms with van der Waals surface area (Å²) in [6.07, 6.45) is 3.37. The van der Waals surface area contributed by atoms with Crippen molar-refractivity contribution in [3.63, 3.8) is 0 Å². The lowest BCUT2D eigenvalue weighted by molar-refractivity contribution is 0.549. The summed E-state index contributed by atoms with van der Waals surface area (Å²) >= 11 is 6.35. The van der Waals surface area contributed by atoms with E-state index in [1.807, 2.05) is 0 Å². The Hall–Kier alpha value is -0.490. The molecule has 1 aromatic carbocycles. The summed E-state index contributed by atoms with van der Waals surface area (Å²) < 4.78 is 0. The lowest BCUT2D eigenvalue weighted by Gasteiger charge is -2.11. The second kappa shape index (κ2) is 6.17. The van der Waals surface area contributed by atoms with Gasteiger partial charge in [0.05, 0.1) is 5.38 Å². The average molecular weight is 225 g/mol. The van der Waals surface area contributed by atoms with Crippen molar-refractivity contribution in [2.45, 2.75) is 45.4 Å². The van der Waals surface area contributed by atoms with Crippen LogP contribution in [0, 0.1) is 5.92 Å². The predicted octanol–water partition coefficient (Wildman–Crippen LogP) is 4.97. The number of hydrogen-bond donors (Lipinski definition) is 0. The van der Waals surface area contributed by atoms with Crippen LogP contribution >= 0.6 is 11.6 Å². The van der Waals surface area contributed by atoms with Crippen LogP contribution in [0.1, 0.15) is 50.1 Å². The molecule has 0 amide bonds. The third-order valence-electron chi connectivity index (χ3n) is 2.75. The molecule has 0 aliphatic heterocycles. The van der Waals surface area contributed by atoms with Crippen LogP contribution in [-0.2, 0) is 6.42 Å². The molecule has 0 saturated heterocycles. The van der Waals surface area contributed by atoms with Crippen LogP contribution in [0.15, 0.2) is 24.3 Å². The first-order valence-electron chi connectivity index (χ1n) is 5.86. The predicted molar refractivity (Wildman–Crippen MR) is 68.5 cm³/mol. The van der Waals surface area contributed by atoms with E-state index in [0.29, 0.717) is 0 Å². The summed E-state index contributed by atoms with van der Waals surface area (Å²) in [6.45, 7) is 6.65. The Labute approximate surface area is 98.7 Å². The molecule has 0 radical (unpaired) electrons. The van der Waals surface area contributed by atoms with Crippen molar-refractivity contribution < 1.29 is 0 Å². The SMILES string of the molecule is CCc1ccc(C(Cl)CCC(C)C)cc1. The second-order valence-electron chi connectivity index (χ2n) is 4.53. The summed E-state index contributed by atoms with van der Waals surface area (Å²) in [4.78, 5) is 0. The Balaban J connectivity index is 2.54. The molecule has 1 unspecified atom stereocenters. The Bertz CT molecular complexity index is 274. The van der Waals surface area contributed by atoms with Crippen LogP contribution < -0.4 is 0 Å². The van der Waals surface area contributed by atoms with E-state index in [-0.39, 0.29) is 5.38 Å². The standard InChI is InChI=1S/C14H21Cl/c1-4-12-6-8-13(9-7-12)14(15)10-5-11(2)3/h6-9,11,14H,4-5,10H2,1-3H3. The van der Waals surface area contributed by atoms with Crippen molar-refractivity contribution in [1.29, 1.82) is 0 Å². The third-order valence-corrected chi connectivity index (χ3v) is 3.22. The van der Waals surface area contributed by atoms with E-state index in [4.69, 9.17) is 11.6 Å². The van der Waals surface area contributed by atoms with E-state index in [0.717, 1.165) is 18.8 Å². The first kappa shape index (κ1) is 12.6. The zero-order valence-electron chi connectivity index (χ0n) is 9.96. The van der Waals surface area contributed by atoms with Crippen molar-refractivity contribution in [3.8, 4) is 0 Å². The highest BCUT2D eigenvalue weighted by atomic mass is 35.5. The number of halogens is 1. The number of aryl methyl sites for hydroxylation is 1. The van der Waals surface area contributed by atoms with Crippen LogP contribution in [0.25, 0.3) is 0 Å². The van der Waals surface area contributed by atoms with Crippen LogP contribution in [0.3, 0.4) is 0 Å². The maximum Gasteiger partial charge on any atom is 0.0585 e. The van der Waals surface area contributed by atoms with Crippen LogP contribution in [0.4, 0.5) is 0 Å². The number of alkyl halides is 1. The van der Waals surface area contributed by atoms with Crippen LogP contribution in [0.5, 0.6) is 0 Å². The van der Waals surface area contributed by atoms with Gasteiger partial charge in [0.15, 0.2) is 0 Å². The molecule has 0 spiro atoms. The zero-order valence-corrected chi connectivity index (χ0v) is 10.7. The van der Waals surface area contributed by atoms with Crippen LogP contribution in [-0.4, -0.2) is 0 Å². The molecule has 0 aromatic heterocycles. The van der Waals surface area contributed by atoms with Crippen molar-refractivity contribution in [2.75, 3.05) is 0 Å². The topological polar surface area (TPSA) is 0 Å². The normalized spacial score (nSPS) is 13.1. The molecule has 15 heavy (non-hydrogen) atoms. The molecule has 0 bridgehead atoms. The van der Waals surface area contributed by atoms with Gasteiger partial charge < -0.3 is 0 Å². The van der Waals surface area contributed by atoms with Gasteiger partial charge in [0.1, 0.15) is 0 Å².